The molecule has 0 aromatic carbocycles. The van der Waals surface area contributed by atoms with Crippen LogP contribution in [-0.2, 0) is 4.79 Å². The second-order valence-corrected chi connectivity index (χ2v) is 2.71. The molecule has 0 rings (SSSR count). The number of hydrogen-bond donors (Lipinski definition) is 2. The van der Waals surface area contributed by atoms with E-state index in [1.807, 2.05) is 0 Å². The number of hydrogen-bond acceptors (Lipinski definition) is 2. The summed E-state index contributed by atoms with van der Waals surface area (Å²) < 4.78 is 0. The molecule has 3 nitrogen and oxygen atoms in total. The molecule has 0 spiro atoms. The maximum absolute atomic E-state index is 9.25. The van der Waals surface area contributed by atoms with Crippen LogP contribution in [0.3, 0.4) is 0 Å². The van der Waals surface area contributed by atoms with E-state index in [0.717, 1.165) is 6.08 Å². The third kappa shape index (κ3) is 199. The van der Waals surface area contributed by atoms with E-state index < -0.39 is 11.6 Å². The van der Waals surface area contributed by atoms with Crippen molar-refractivity contribution in [3.63, 3.8) is 0 Å². The second-order valence-electron chi connectivity index (χ2n) is 2.71. The van der Waals surface area contributed by atoms with Crippen molar-refractivity contribution in [3.8, 4) is 0 Å². The van der Waals surface area contributed by atoms with Crippen molar-refractivity contribution in [2.45, 2.75) is 26.4 Å². The van der Waals surface area contributed by atoms with Gasteiger partial charge < -0.3 is 10.2 Å². The summed E-state index contributed by atoms with van der Waals surface area (Å²) in [5, 5.41) is 16.1. The molecule has 0 radical (unpaired) electrons. The Hall–Kier alpha value is -0.830. The van der Waals surface area contributed by atoms with Crippen LogP contribution < -0.4 is 0 Å². The summed E-state index contributed by atoms with van der Waals surface area (Å²) in [6, 6.07) is 0. The predicted molar refractivity (Wildman–Crippen MR) is 39.8 cm³/mol. The summed E-state index contributed by atoms with van der Waals surface area (Å²) in [4.78, 5) is 9.25. The van der Waals surface area contributed by atoms with Gasteiger partial charge in [-0.15, -0.1) is 0 Å². The minimum Gasteiger partial charge on any atom is -0.478 e. The minimum absolute atomic E-state index is 0.500. The molecule has 0 aromatic heterocycles. The Labute approximate surface area is 61.0 Å². The zero-order chi connectivity index (χ0) is 8.78. The molecule has 0 saturated heterocycles. The van der Waals surface area contributed by atoms with Gasteiger partial charge in [-0.3, -0.25) is 0 Å². The lowest BCUT2D eigenvalue weighted by molar-refractivity contribution is -0.131. The molecule has 0 heterocycles. The number of rotatable bonds is 1. The average molecular weight is 146 g/mol. The van der Waals surface area contributed by atoms with Gasteiger partial charge in [-0.2, -0.15) is 0 Å². The highest BCUT2D eigenvalue weighted by atomic mass is 16.4. The molecule has 0 saturated carbocycles. The van der Waals surface area contributed by atoms with Crippen LogP contribution in [0.1, 0.15) is 20.8 Å². The van der Waals surface area contributed by atoms with Crippen LogP contribution in [-0.4, -0.2) is 21.8 Å². The maximum atomic E-state index is 9.25. The largest absolute Gasteiger partial charge is 0.478 e. The van der Waals surface area contributed by atoms with Gasteiger partial charge in [0.15, 0.2) is 0 Å². The van der Waals surface area contributed by atoms with Crippen molar-refractivity contribution in [2.75, 3.05) is 0 Å². The highest BCUT2D eigenvalue weighted by Gasteiger charge is 1.97. The fourth-order valence-electron chi connectivity index (χ4n) is 0. The Morgan fingerprint density at radius 3 is 1.60 bits per heavy atom. The fourth-order valence-corrected chi connectivity index (χ4v) is 0. The zero-order valence-electron chi connectivity index (χ0n) is 6.59. The van der Waals surface area contributed by atoms with Crippen LogP contribution in [0, 0.1) is 0 Å². The normalized spacial score (nSPS) is 9.20. The van der Waals surface area contributed by atoms with Crippen molar-refractivity contribution in [2.24, 2.45) is 0 Å². The van der Waals surface area contributed by atoms with E-state index in [-0.39, 0.29) is 0 Å². The van der Waals surface area contributed by atoms with Gasteiger partial charge in [0, 0.05) is 6.08 Å². The highest BCUT2D eigenvalue weighted by Crippen LogP contribution is 1.93. The molecule has 0 bridgehead atoms. The van der Waals surface area contributed by atoms with Crippen molar-refractivity contribution < 1.29 is 15.0 Å². The summed E-state index contributed by atoms with van der Waals surface area (Å²) in [6.07, 6.45) is 0.833. The first-order valence-electron chi connectivity index (χ1n) is 2.85. The van der Waals surface area contributed by atoms with Gasteiger partial charge in [0.05, 0.1) is 5.60 Å². The Kier molecular flexibility index (Phi) is 5.95. The van der Waals surface area contributed by atoms with Crippen LogP contribution in [0.25, 0.3) is 0 Å². The molecule has 0 aliphatic rings. The van der Waals surface area contributed by atoms with Crippen molar-refractivity contribution in [1.82, 2.24) is 0 Å². The van der Waals surface area contributed by atoms with Gasteiger partial charge in [-0.25, -0.2) is 4.79 Å². The predicted octanol–water partition coefficient (Wildman–Crippen LogP) is 1.03. The third-order valence-electron chi connectivity index (χ3n) is 0.175. The monoisotopic (exact) mass is 146 g/mol. The van der Waals surface area contributed by atoms with E-state index in [1.165, 1.54) is 0 Å². The maximum Gasteiger partial charge on any atom is 0.327 e. The lowest BCUT2D eigenvalue weighted by Crippen LogP contribution is -2.10. The van der Waals surface area contributed by atoms with Gasteiger partial charge >= 0.3 is 5.97 Å². The van der Waals surface area contributed by atoms with Crippen molar-refractivity contribution >= 4 is 5.97 Å². The van der Waals surface area contributed by atoms with Crippen LogP contribution in [0.4, 0.5) is 0 Å². The van der Waals surface area contributed by atoms with Crippen LogP contribution in [0.2, 0.25) is 0 Å². The molecule has 0 amide bonds. The lowest BCUT2D eigenvalue weighted by Gasteiger charge is -2.04. The minimum atomic E-state index is -0.981. The van der Waals surface area contributed by atoms with E-state index in [4.69, 9.17) is 10.2 Å². The van der Waals surface area contributed by atoms with E-state index in [2.05, 4.69) is 6.58 Å². The Balaban J connectivity index is 0. The van der Waals surface area contributed by atoms with Gasteiger partial charge in [0.25, 0.3) is 0 Å². The summed E-state index contributed by atoms with van der Waals surface area (Å²) >= 11 is 0. The molecule has 10 heavy (non-hydrogen) atoms. The molecule has 3 heteroatoms. The Morgan fingerprint density at radius 2 is 1.60 bits per heavy atom. The molecular formula is C7H14O3. The van der Waals surface area contributed by atoms with E-state index in [1.54, 1.807) is 20.8 Å². The molecular weight excluding hydrogens is 132 g/mol. The summed E-state index contributed by atoms with van der Waals surface area (Å²) in [7, 11) is 0. The number of aliphatic hydroxyl groups is 1. The second kappa shape index (κ2) is 4.99. The SMILES string of the molecule is C=CC(=O)O.CC(C)(C)O. The zero-order valence-corrected chi connectivity index (χ0v) is 6.59. The summed E-state index contributed by atoms with van der Waals surface area (Å²) in [5.74, 6) is -0.981. The molecule has 2 N–H and O–H groups in total. The van der Waals surface area contributed by atoms with Crippen LogP contribution in [0.15, 0.2) is 12.7 Å². The molecule has 0 aliphatic heterocycles. The summed E-state index contributed by atoms with van der Waals surface area (Å²) in [5.41, 5.74) is -0.500. The van der Waals surface area contributed by atoms with Crippen molar-refractivity contribution in [3.05, 3.63) is 12.7 Å². The highest BCUT2D eigenvalue weighted by molar-refractivity contribution is 5.78. The molecule has 0 unspecified atom stereocenters. The lowest BCUT2D eigenvalue weighted by atomic mass is 10.2. The van der Waals surface area contributed by atoms with Gasteiger partial charge in [0.1, 0.15) is 0 Å². The number of carboxylic acid groups (broad SMARTS) is 1. The smallest absolute Gasteiger partial charge is 0.327 e. The quantitative estimate of drug-likeness (QED) is 0.543. The average Bonchev–Trinajstić information content (AvgIpc) is 1.61. The number of carbonyl (C=O) groups is 1. The first-order valence-corrected chi connectivity index (χ1v) is 2.85. The first kappa shape index (κ1) is 11.9. The molecule has 0 atom stereocenters. The van der Waals surface area contributed by atoms with E-state index in [0.29, 0.717) is 0 Å². The third-order valence-corrected chi connectivity index (χ3v) is 0.175. The Morgan fingerprint density at radius 1 is 1.50 bits per heavy atom. The van der Waals surface area contributed by atoms with Crippen LogP contribution >= 0.6 is 0 Å². The van der Waals surface area contributed by atoms with Crippen molar-refractivity contribution in [1.29, 1.82) is 0 Å². The van der Waals surface area contributed by atoms with Gasteiger partial charge in [0.2, 0.25) is 0 Å². The summed E-state index contributed by atoms with van der Waals surface area (Å²) in [6.45, 7) is 8.19. The molecule has 0 fully saturated rings. The number of aliphatic carboxylic acids is 1. The van der Waals surface area contributed by atoms with E-state index in [9.17, 15) is 4.79 Å². The Bertz CT molecular complexity index is 105. The van der Waals surface area contributed by atoms with Gasteiger partial charge in [-0.1, -0.05) is 6.58 Å². The molecule has 0 aromatic rings. The van der Waals surface area contributed by atoms with E-state index >= 15 is 0 Å². The van der Waals surface area contributed by atoms with Gasteiger partial charge in [-0.05, 0) is 20.8 Å². The molecule has 60 valence electrons. The standard InChI is InChI=1S/C4H10O.C3H4O2/c1-4(2,3)5;1-2-3(4)5/h5H,1-3H3;2H,1H2,(H,4,5). The first-order chi connectivity index (χ1) is 4.27. The van der Waals surface area contributed by atoms with Crippen LogP contribution in [0.5, 0.6) is 0 Å². The molecule has 0 aliphatic carbocycles. The topological polar surface area (TPSA) is 57.5 Å². The number of carboxylic acids is 1. The fraction of sp³-hybridized carbons (Fsp3) is 0.571.